The average Bonchev–Trinajstić information content (AvgIpc) is 2.38. The average molecular weight is 278 g/mol. The minimum Gasteiger partial charge on any atom is -0.387 e. The fourth-order valence-corrected chi connectivity index (χ4v) is 2.50. The Balaban J connectivity index is 2.04. The van der Waals surface area contributed by atoms with Crippen LogP contribution < -0.4 is 0 Å². The van der Waals surface area contributed by atoms with E-state index in [2.05, 4.69) is 19.9 Å². The van der Waals surface area contributed by atoms with Gasteiger partial charge < -0.3 is 9.84 Å². The van der Waals surface area contributed by atoms with Crippen molar-refractivity contribution < 1.29 is 14.2 Å². The van der Waals surface area contributed by atoms with Gasteiger partial charge in [-0.2, -0.15) is 0 Å². The fourth-order valence-electron chi connectivity index (χ4n) is 2.50. The number of aliphatic hydroxyl groups is 1. The van der Waals surface area contributed by atoms with Crippen molar-refractivity contribution in [2.24, 2.45) is 5.92 Å². The van der Waals surface area contributed by atoms with Gasteiger partial charge in [-0.25, -0.2) is 4.39 Å². The summed E-state index contributed by atoms with van der Waals surface area (Å²) in [5.41, 5.74) is 0.947. The molecule has 0 heterocycles. The van der Waals surface area contributed by atoms with Gasteiger partial charge >= 0.3 is 0 Å². The van der Waals surface area contributed by atoms with E-state index in [-0.39, 0.29) is 18.5 Å². The first-order valence-electron chi connectivity index (χ1n) is 7.16. The van der Waals surface area contributed by atoms with Gasteiger partial charge in [0, 0.05) is 5.56 Å². The maximum Gasteiger partial charge on any atom is 0.128 e. The summed E-state index contributed by atoms with van der Waals surface area (Å²) in [6.45, 7) is 6.26. The van der Waals surface area contributed by atoms with E-state index in [9.17, 15) is 9.50 Å². The molecule has 3 heteroatoms. The van der Waals surface area contributed by atoms with Crippen LogP contribution in [0.25, 0.3) is 0 Å². The first-order valence-corrected chi connectivity index (χ1v) is 7.16. The van der Waals surface area contributed by atoms with Crippen LogP contribution in [-0.2, 0) is 11.3 Å². The maximum absolute atomic E-state index is 13.6. The Morgan fingerprint density at radius 2 is 2.10 bits per heavy atom. The highest BCUT2D eigenvalue weighted by atomic mass is 19.1. The van der Waals surface area contributed by atoms with Gasteiger partial charge in [0.1, 0.15) is 5.82 Å². The van der Waals surface area contributed by atoms with E-state index in [1.165, 1.54) is 11.6 Å². The molecule has 1 N–H and O–H groups in total. The van der Waals surface area contributed by atoms with Crippen molar-refractivity contribution >= 4 is 0 Å². The van der Waals surface area contributed by atoms with Gasteiger partial charge in [-0.05, 0) is 31.7 Å². The standard InChI is InChI=1S/C17H23FO2/c1-12(2)13-8-9-17(3,19)16(10-13)20-11-14-6-4-5-7-15(14)18/h4-8,12,16,19H,9-11H2,1-3H3/t16-,17+/m1/s1. The molecule has 0 saturated heterocycles. The summed E-state index contributed by atoms with van der Waals surface area (Å²) in [6, 6.07) is 6.60. The molecule has 1 aliphatic rings. The summed E-state index contributed by atoms with van der Waals surface area (Å²) in [7, 11) is 0. The van der Waals surface area contributed by atoms with E-state index in [4.69, 9.17) is 4.74 Å². The third-order valence-corrected chi connectivity index (χ3v) is 4.03. The molecule has 0 saturated carbocycles. The number of benzene rings is 1. The maximum atomic E-state index is 13.6. The van der Waals surface area contributed by atoms with Crippen molar-refractivity contribution in [2.75, 3.05) is 0 Å². The van der Waals surface area contributed by atoms with Crippen LogP contribution in [0.5, 0.6) is 0 Å². The predicted molar refractivity (Wildman–Crippen MR) is 77.8 cm³/mol. The van der Waals surface area contributed by atoms with Crippen LogP contribution in [0, 0.1) is 11.7 Å². The lowest BCUT2D eigenvalue weighted by Gasteiger charge is -2.37. The zero-order valence-corrected chi connectivity index (χ0v) is 12.4. The molecule has 1 aliphatic carbocycles. The SMILES string of the molecule is CC(C)C1=CC[C@](C)(O)[C@H](OCc2ccccc2F)C1. The molecule has 2 atom stereocenters. The van der Waals surface area contributed by atoms with Crippen LogP contribution in [-0.4, -0.2) is 16.8 Å². The van der Waals surface area contributed by atoms with Crippen molar-refractivity contribution in [1.29, 1.82) is 0 Å². The molecular weight excluding hydrogens is 255 g/mol. The van der Waals surface area contributed by atoms with Crippen LogP contribution in [0.4, 0.5) is 4.39 Å². The fraction of sp³-hybridized carbons (Fsp3) is 0.529. The molecule has 0 aromatic heterocycles. The minimum absolute atomic E-state index is 0.193. The first kappa shape index (κ1) is 15.2. The minimum atomic E-state index is -0.885. The normalized spacial score (nSPS) is 26.7. The van der Waals surface area contributed by atoms with Crippen LogP contribution in [0.1, 0.15) is 39.2 Å². The Labute approximate surface area is 120 Å². The van der Waals surface area contributed by atoms with Crippen LogP contribution in [0.2, 0.25) is 0 Å². The first-order chi connectivity index (χ1) is 9.40. The molecule has 0 unspecified atom stereocenters. The molecule has 0 aliphatic heterocycles. The molecule has 0 spiro atoms. The number of halogens is 1. The molecule has 0 radical (unpaired) electrons. The molecule has 1 aromatic rings. The zero-order valence-electron chi connectivity index (χ0n) is 12.4. The highest BCUT2D eigenvalue weighted by Crippen LogP contribution is 2.33. The summed E-state index contributed by atoms with van der Waals surface area (Å²) in [6.07, 6.45) is 3.11. The molecular formula is C17H23FO2. The highest BCUT2D eigenvalue weighted by Gasteiger charge is 2.36. The molecule has 110 valence electrons. The van der Waals surface area contributed by atoms with Gasteiger partial charge in [0.2, 0.25) is 0 Å². The Kier molecular flexibility index (Phi) is 4.61. The third-order valence-electron chi connectivity index (χ3n) is 4.03. The predicted octanol–water partition coefficient (Wildman–Crippen LogP) is 3.84. The molecule has 2 nitrogen and oxygen atoms in total. The Bertz CT molecular complexity index is 492. The molecule has 20 heavy (non-hydrogen) atoms. The van der Waals surface area contributed by atoms with E-state index in [0.29, 0.717) is 24.3 Å². The zero-order chi connectivity index (χ0) is 14.8. The largest absolute Gasteiger partial charge is 0.387 e. The van der Waals surface area contributed by atoms with Crippen molar-refractivity contribution in [3.8, 4) is 0 Å². The molecule has 0 amide bonds. The van der Waals surface area contributed by atoms with Crippen LogP contribution in [0.3, 0.4) is 0 Å². The number of rotatable bonds is 4. The number of hydrogen-bond acceptors (Lipinski definition) is 2. The van der Waals surface area contributed by atoms with E-state index in [0.717, 1.165) is 0 Å². The second-order valence-electron chi connectivity index (χ2n) is 6.09. The van der Waals surface area contributed by atoms with Crippen LogP contribution >= 0.6 is 0 Å². The summed E-state index contributed by atoms with van der Waals surface area (Å²) in [5, 5.41) is 10.4. The van der Waals surface area contributed by atoms with Gasteiger partial charge in [-0.15, -0.1) is 0 Å². The van der Waals surface area contributed by atoms with Gasteiger partial charge in [0.05, 0.1) is 18.3 Å². The number of hydrogen-bond donors (Lipinski definition) is 1. The lowest BCUT2D eigenvalue weighted by atomic mass is 9.80. The Hall–Kier alpha value is -1.19. The summed E-state index contributed by atoms with van der Waals surface area (Å²) in [4.78, 5) is 0. The smallest absolute Gasteiger partial charge is 0.128 e. The van der Waals surface area contributed by atoms with E-state index in [1.807, 2.05) is 0 Å². The van der Waals surface area contributed by atoms with Gasteiger partial charge in [0.15, 0.2) is 0 Å². The molecule has 0 fully saturated rings. The second-order valence-corrected chi connectivity index (χ2v) is 6.09. The molecule has 2 rings (SSSR count). The van der Waals surface area contributed by atoms with Crippen molar-refractivity contribution in [1.82, 2.24) is 0 Å². The van der Waals surface area contributed by atoms with E-state index in [1.54, 1.807) is 25.1 Å². The quantitative estimate of drug-likeness (QED) is 0.848. The molecule has 1 aromatic carbocycles. The van der Waals surface area contributed by atoms with E-state index >= 15 is 0 Å². The van der Waals surface area contributed by atoms with Gasteiger partial charge in [0.25, 0.3) is 0 Å². The lowest BCUT2D eigenvalue weighted by Crippen LogP contribution is -2.43. The monoisotopic (exact) mass is 278 g/mol. The Morgan fingerprint density at radius 3 is 2.75 bits per heavy atom. The van der Waals surface area contributed by atoms with E-state index < -0.39 is 5.60 Å². The highest BCUT2D eigenvalue weighted by molar-refractivity contribution is 5.18. The van der Waals surface area contributed by atoms with Gasteiger partial charge in [-0.1, -0.05) is 43.7 Å². The summed E-state index contributed by atoms with van der Waals surface area (Å²) < 4.78 is 19.4. The van der Waals surface area contributed by atoms with Crippen molar-refractivity contribution in [3.05, 3.63) is 47.3 Å². The number of ether oxygens (including phenoxy) is 1. The summed E-state index contributed by atoms with van der Waals surface area (Å²) >= 11 is 0. The van der Waals surface area contributed by atoms with Crippen molar-refractivity contribution in [2.45, 2.75) is 51.9 Å². The molecule has 0 bridgehead atoms. The summed E-state index contributed by atoms with van der Waals surface area (Å²) in [5.74, 6) is 0.188. The second kappa shape index (κ2) is 6.06. The third kappa shape index (κ3) is 3.47. The topological polar surface area (TPSA) is 29.5 Å². The lowest BCUT2D eigenvalue weighted by molar-refractivity contribution is -0.108. The van der Waals surface area contributed by atoms with Crippen LogP contribution in [0.15, 0.2) is 35.9 Å². The Morgan fingerprint density at radius 1 is 1.40 bits per heavy atom. The van der Waals surface area contributed by atoms with Gasteiger partial charge in [-0.3, -0.25) is 0 Å². The van der Waals surface area contributed by atoms with Crippen molar-refractivity contribution in [3.63, 3.8) is 0 Å².